The second-order valence-corrected chi connectivity index (χ2v) is 4.44. The van der Waals surface area contributed by atoms with E-state index in [0.717, 1.165) is 0 Å². The van der Waals surface area contributed by atoms with Crippen molar-refractivity contribution in [3.63, 3.8) is 0 Å². The number of halogens is 5. The van der Waals surface area contributed by atoms with Gasteiger partial charge in [-0.1, -0.05) is 23.2 Å². The van der Waals surface area contributed by atoms with Crippen LogP contribution in [0.2, 0.25) is 10.0 Å². The molecular formula is C11H12Cl2F3NO2. The summed E-state index contributed by atoms with van der Waals surface area (Å²) in [4.78, 5) is 0. The highest BCUT2D eigenvalue weighted by atomic mass is 35.5. The monoisotopic (exact) mass is 317 g/mol. The van der Waals surface area contributed by atoms with E-state index in [2.05, 4.69) is 4.74 Å². The summed E-state index contributed by atoms with van der Waals surface area (Å²) in [6.07, 6.45) is -4.35. The van der Waals surface area contributed by atoms with E-state index in [1.807, 2.05) is 0 Å². The average Bonchev–Trinajstić information content (AvgIpc) is 2.29. The zero-order valence-electron chi connectivity index (χ0n) is 9.77. The van der Waals surface area contributed by atoms with Gasteiger partial charge < -0.3 is 15.2 Å². The fourth-order valence-corrected chi connectivity index (χ4v) is 1.91. The summed E-state index contributed by atoms with van der Waals surface area (Å²) >= 11 is 11.7. The molecule has 1 aromatic rings. The van der Waals surface area contributed by atoms with E-state index in [1.54, 1.807) is 6.07 Å². The Labute approximate surface area is 118 Å². The molecular weight excluding hydrogens is 306 g/mol. The van der Waals surface area contributed by atoms with E-state index < -0.39 is 12.8 Å². The number of alkyl halides is 3. The summed E-state index contributed by atoms with van der Waals surface area (Å²) in [5.41, 5.74) is 6.08. The first kappa shape index (κ1) is 16.4. The van der Waals surface area contributed by atoms with Crippen LogP contribution in [-0.2, 0) is 11.3 Å². The minimum absolute atomic E-state index is 0.0650. The molecule has 0 saturated carbocycles. The van der Waals surface area contributed by atoms with Crippen LogP contribution in [0.1, 0.15) is 5.56 Å². The number of ether oxygens (including phenoxy) is 2. The lowest BCUT2D eigenvalue weighted by atomic mass is 10.2. The number of hydrogen-bond acceptors (Lipinski definition) is 3. The molecule has 0 aliphatic heterocycles. The van der Waals surface area contributed by atoms with E-state index in [9.17, 15) is 13.2 Å². The molecule has 1 rings (SSSR count). The van der Waals surface area contributed by atoms with Crippen LogP contribution in [0, 0.1) is 0 Å². The van der Waals surface area contributed by atoms with Crippen LogP contribution in [0.5, 0.6) is 5.75 Å². The molecule has 2 N–H and O–H groups in total. The quantitative estimate of drug-likeness (QED) is 0.818. The molecule has 8 heteroatoms. The number of rotatable bonds is 6. The Morgan fingerprint density at radius 3 is 2.42 bits per heavy atom. The molecule has 3 nitrogen and oxygen atoms in total. The summed E-state index contributed by atoms with van der Waals surface area (Å²) in [6.45, 7) is -1.43. The van der Waals surface area contributed by atoms with Crippen LogP contribution in [-0.4, -0.2) is 26.0 Å². The van der Waals surface area contributed by atoms with E-state index in [4.69, 9.17) is 33.7 Å². The maximum atomic E-state index is 11.8. The normalized spacial score (nSPS) is 11.7. The molecule has 0 atom stereocenters. The molecule has 0 heterocycles. The maximum absolute atomic E-state index is 11.8. The van der Waals surface area contributed by atoms with Crippen LogP contribution < -0.4 is 10.5 Å². The lowest BCUT2D eigenvalue weighted by Gasteiger charge is -2.13. The summed E-state index contributed by atoms with van der Waals surface area (Å²) in [5, 5.41) is 0.662. The molecule has 0 spiro atoms. The molecule has 0 aliphatic carbocycles. The van der Waals surface area contributed by atoms with Gasteiger partial charge in [-0.15, -0.1) is 0 Å². The lowest BCUT2D eigenvalue weighted by molar-refractivity contribution is -0.175. The first-order valence-electron chi connectivity index (χ1n) is 5.29. The van der Waals surface area contributed by atoms with Crippen molar-refractivity contribution in [2.75, 3.05) is 19.8 Å². The van der Waals surface area contributed by atoms with Gasteiger partial charge in [0.1, 0.15) is 19.0 Å². The first-order valence-corrected chi connectivity index (χ1v) is 6.04. The van der Waals surface area contributed by atoms with Crippen molar-refractivity contribution >= 4 is 23.2 Å². The zero-order valence-corrected chi connectivity index (χ0v) is 11.3. The number of hydrogen-bond donors (Lipinski definition) is 1. The van der Waals surface area contributed by atoms with Gasteiger partial charge in [0.05, 0.1) is 11.6 Å². The molecule has 0 fully saturated rings. The number of benzene rings is 1. The molecule has 108 valence electrons. The van der Waals surface area contributed by atoms with Gasteiger partial charge in [-0.2, -0.15) is 13.2 Å². The topological polar surface area (TPSA) is 44.5 Å². The van der Waals surface area contributed by atoms with Crippen LogP contribution in [0.3, 0.4) is 0 Å². The highest BCUT2D eigenvalue weighted by Gasteiger charge is 2.27. The van der Waals surface area contributed by atoms with Gasteiger partial charge in [0.25, 0.3) is 0 Å². The van der Waals surface area contributed by atoms with Gasteiger partial charge in [0, 0.05) is 17.1 Å². The third-order valence-electron chi connectivity index (χ3n) is 2.05. The number of nitrogens with two attached hydrogens (primary N) is 1. The smallest absolute Gasteiger partial charge is 0.411 e. The molecule has 0 unspecified atom stereocenters. The van der Waals surface area contributed by atoms with Gasteiger partial charge in [-0.25, -0.2) is 0 Å². The Balaban J connectivity index is 2.49. The summed E-state index contributed by atoms with van der Waals surface area (Å²) in [7, 11) is 0. The van der Waals surface area contributed by atoms with Crippen molar-refractivity contribution in [1.82, 2.24) is 0 Å². The van der Waals surface area contributed by atoms with Crippen molar-refractivity contribution in [3.8, 4) is 5.75 Å². The van der Waals surface area contributed by atoms with Gasteiger partial charge in [0.2, 0.25) is 0 Å². The second-order valence-electron chi connectivity index (χ2n) is 3.60. The maximum Gasteiger partial charge on any atom is 0.411 e. The predicted molar refractivity (Wildman–Crippen MR) is 66.7 cm³/mol. The van der Waals surface area contributed by atoms with Crippen molar-refractivity contribution in [1.29, 1.82) is 0 Å². The summed E-state index contributed by atoms with van der Waals surface area (Å²) in [5.74, 6) is 0.309. The molecule has 0 radical (unpaired) electrons. The summed E-state index contributed by atoms with van der Waals surface area (Å²) in [6, 6.07) is 3.05. The highest BCUT2D eigenvalue weighted by Crippen LogP contribution is 2.32. The molecule has 0 aliphatic rings. The van der Waals surface area contributed by atoms with Gasteiger partial charge in [-0.05, 0) is 12.1 Å². The summed E-state index contributed by atoms with van der Waals surface area (Å²) < 4.78 is 45.1. The van der Waals surface area contributed by atoms with Crippen LogP contribution in [0.25, 0.3) is 0 Å². The van der Waals surface area contributed by atoms with Gasteiger partial charge >= 0.3 is 6.18 Å². The van der Waals surface area contributed by atoms with E-state index in [1.165, 1.54) is 6.07 Å². The van der Waals surface area contributed by atoms with Crippen LogP contribution in [0.4, 0.5) is 13.2 Å². The van der Waals surface area contributed by atoms with Crippen molar-refractivity contribution in [2.24, 2.45) is 5.73 Å². The van der Waals surface area contributed by atoms with Gasteiger partial charge in [0.15, 0.2) is 0 Å². The van der Waals surface area contributed by atoms with E-state index in [-0.39, 0.29) is 24.8 Å². The second kappa shape index (κ2) is 7.19. The van der Waals surface area contributed by atoms with Crippen LogP contribution in [0.15, 0.2) is 12.1 Å². The molecule has 0 amide bonds. The van der Waals surface area contributed by atoms with Crippen molar-refractivity contribution in [3.05, 3.63) is 27.7 Å². The molecule has 0 bridgehead atoms. The minimum Gasteiger partial charge on any atom is -0.489 e. The lowest BCUT2D eigenvalue weighted by Crippen LogP contribution is -2.19. The molecule has 0 saturated heterocycles. The van der Waals surface area contributed by atoms with Crippen molar-refractivity contribution < 1.29 is 22.6 Å². The van der Waals surface area contributed by atoms with Crippen LogP contribution >= 0.6 is 23.2 Å². The Morgan fingerprint density at radius 2 is 1.84 bits per heavy atom. The van der Waals surface area contributed by atoms with Gasteiger partial charge in [-0.3, -0.25) is 0 Å². The minimum atomic E-state index is -4.35. The standard InChI is InChI=1S/C11H12Cl2F3NO2/c12-8-3-7(5-17)10(9(13)4-8)19-2-1-18-6-11(14,15)16/h3-4H,1-2,5-6,17H2. The van der Waals surface area contributed by atoms with E-state index >= 15 is 0 Å². The average molecular weight is 318 g/mol. The fraction of sp³-hybridized carbons (Fsp3) is 0.455. The van der Waals surface area contributed by atoms with E-state index in [0.29, 0.717) is 16.3 Å². The molecule has 19 heavy (non-hydrogen) atoms. The molecule has 0 aromatic heterocycles. The van der Waals surface area contributed by atoms with Crippen molar-refractivity contribution in [2.45, 2.75) is 12.7 Å². The predicted octanol–water partition coefficient (Wildman–Crippen LogP) is 3.41. The Kier molecular flexibility index (Phi) is 6.19. The third kappa shape index (κ3) is 5.86. The third-order valence-corrected chi connectivity index (χ3v) is 2.54. The fourth-order valence-electron chi connectivity index (χ4n) is 1.32. The SMILES string of the molecule is NCc1cc(Cl)cc(Cl)c1OCCOCC(F)(F)F. The Hall–Kier alpha value is -0.690. The molecule has 1 aromatic carbocycles. The zero-order chi connectivity index (χ0) is 14.5. The largest absolute Gasteiger partial charge is 0.489 e. The Bertz CT molecular complexity index is 427. The Morgan fingerprint density at radius 1 is 1.16 bits per heavy atom. The first-order chi connectivity index (χ1) is 8.83. The highest BCUT2D eigenvalue weighted by molar-refractivity contribution is 6.35.